The third kappa shape index (κ3) is 3.51. The van der Waals surface area contributed by atoms with Crippen molar-refractivity contribution in [3.63, 3.8) is 0 Å². The molecule has 0 aromatic carbocycles. The van der Waals surface area contributed by atoms with E-state index in [0.717, 1.165) is 42.2 Å². The first-order chi connectivity index (χ1) is 9.02. The zero-order chi connectivity index (χ0) is 13.5. The average Bonchev–Trinajstić information content (AvgIpc) is 2.87. The van der Waals surface area contributed by atoms with Gasteiger partial charge in [0.2, 0.25) is 10.0 Å². The van der Waals surface area contributed by atoms with Crippen LogP contribution in [-0.4, -0.2) is 39.6 Å². The SMILES string of the molecule is Cl.NS(=O)(=O)c1cc2cc(CN3CCOCC3)sc2s1. The van der Waals surface area contributed by atoms with Gasteiger partial charge in [-0.2, -0.15) is 0 Å². The molecule has 5 nitrogen and oxygen atoms in total. The highest BCUT2D eigenvalue weighted by molar-refractivity contribution is 7.91. The van der Waals surface area contributed by atoms with Crippen LogP contribution in [-0.2, 0) is 21.3 Å². The summed E-state index contributed by atoms with van der Waals surface area (Å²) in [5, 5.41) is 6.11. The Morgan fingerprint density at radius 2 is 1.95 bits per heavy atom. The maximum atomic E-state index is 11.3. The van der Waals surface area contributed by atoms with Gasteiger partial charge in [-0.25, -0.2) is 13.6 Å². The molecule has 1 fully saturated rings. The monoisotopic (exact) mass is 354 g/mol. The largest absolute Gasteiger partial charge is 0.379 e. The van der Waals surface area contributed by atoms with E-state index < -0.39 is 10.0 Å². The van der Waals surface area contributed by atoms with Gasteiger partial charge in [0.15, 0.2) is 0 Å². The van der Waals surface area contributed by atoms with Crippen molar-refractivity contribution in [2.45, 2.75) is 10.8 Å². The molecular weight excluding hydrogens is 340 g/mol. The number of hydrogen-bond acceptors (Lipinski definition) is 6. The Balaban J connectivity index is 0.00000147. The summed E-state index contributed by atoms with van der Waals surface area (Å²) in [5.74, 6) is 0. The van der Waals surface area contributed by atoms with Crippen LogP contribution >= 0.6 is 35.1 Å². The van der Waals surface area contributed by atoms with Gasteiger partial charge in [0.1, 0.15) is 4.21 Å². The maximum Gasteiger partial charge on any atom is 0.247 e. The second-order valence-electron chi connectivity index (χ2n) is 4.45. The molecule has 2 aromatic heterocycles. The molecule has 0 amide bonds. The highest BCUT2D eigenvalue weighted by atomic mass is 35.5. The molecule has 9 heteroatoms. The summed E-state index contributed by atoms with van der Waals surface area (Å²) in [7, 11) is -3.58. The van der Waals surface area contributed by atoms with Crippen LogP contribution in [0.5, 0.6) is 0 Å². The van der Waals surface area contributed by atoms with Crippen LogP contribution in [0.25, 0.3) is 9.40 Å². The Labute approximate surface area is 131 Å². The fourth-order valence-corrected chi connectivity index (χ4v) is 5.50. The quantitative estimate of drug-likeness (QED) is 0.913. The number of thiophene rings is 2. The van der Waals surface area contributed by atoms with Gasteiger partial charge in [-0.15, -0.1) is 35.1 Å². The summed E-state index contributed by atoms with van der Waals surface area (Å²) in [4.78, 5) is 3.60. The summed E-state index contributed by atoms with van der Waals surface area (Å²) < 4.78 is 29.1. The number of ether oxygens (including phenoxy) is 1. The first kappa shape index (κ1) is 16.2. The van der Waals surface area contributed by atoms with Crippen LogP contribution < -0.4 is 5.14 Å². The number of morpholine rings is 1. The number of primary sulfonamides is 1. The van der Waals surface area contributed by atoms with Gasteiger partial charge in [-0.05, 0) is 12.1 Å². The minimum Gasteiger partial charge on any atom is -0.379 e. The molecule has 1 aliphatic rings. The zero-order valence-corrected chi connectivity index (χ0v) is 13.8. The van der Waals surface area contributed by atoms with E-state index >= 15 is 0 Å². The van der Waals surface area contributed by atoms with Gasteiger partial charge >= 0.3 is 0 Å². The smallest absolute Gasteiger partial charge is 0.247 e. The van der Waals surface area contributed by atoms with Crippen molar-refractivity contribution in [3.05, 3.63) is 17.0 Å². The summed E-state index contributed by atoms with van der Waals surface area (Å²) in [6.07, 6.45) is 0. The summed E-state index contributed by atoms with van der Waals surface area (Å²) >= 11 is 2.89. The summed E-state index contributed by atoms with van der Waals surface area (Å²) in [6.45, 7) is 4.38. The molecule has 0 unspecified atom stereocenters. The van der Waals surface area contributed by atoms with E-state index in [2.05, 4.69) is 11.0 Å². The topological polar surface area (TPSA) is 72.6 Å². The number of rotatable bonds is 3. The van der Waals surface area contributed by atoms with Gasteiger partial charge in [-0.1, -0.05) is 0 Å². The Kier molecular flexibility index (Phi) is 5.06. The van der Waals surface area contributed by atoms with E-state index in [4.69, 9.17) is 9.88 Å². The van der Waals surface area contributed by atoms with E-state index in [-0.39, 0.29) is 16.6 Å². The molecule has 2 aromatic rings. The standard InChI is InChI=1S/C11H14N2O3S3.ClH/c12-19(14,15)10-6-8-5-9(17-11(8)18-10)7-13-1-3-16-4-2-13;/h5-6H,1-4,7H2,(H2,12,14,15);1H. The predicted molar refractivity (Wildman–Crippen MR) is 84.4 cm³/mol. The third-order valence-corrected chi connectivity index (χ3v) is 6.80. The molecule has 3 rings (SSSR count). The molecule has 0 atom stereocenters. The van der Waals surface area contributed by atoms with Crippen LogP contribution in [0.1, 0.15) is 4.88 Å². The molecule has 2 N–H and O–H groups in total. The molecule has 0 radical (unpaired) electrons. The zero-order valence-electron chi connectivity index (χ0n) is 10.6. The Morgan fingerprint density at radius 1 is 1.25 bits per heavy atom. The molecule has 0 aliphatic carbocycles. The first-order valence-electron chi connectivity index (χ1n) is 5.87. The van der Waals surface area contributed by atoms with Crippen LogP contribution in [0, 0.1) is 0 Å². The highest BCUT2D eigenvalue weighted by Crippen LogP contribution is 2.35. The van der Waals surface area contributed by atoms with Crippen LogP contribution in [0.4, 0.5) is 0 Å². The number of fused-ring (bicyclic) bond motifs is 1. The Hall–Kier alpha value is -0.220. The van der Waals surface area contributed by atoms with Crippen molar-refractivity contribution >= 4 is 54.5 Å². The van der Waals surface area contributed by atoms with Crippen molar-refractivity contribution in [2.24, 2.45) is 5.14 Å². The summed E-state index contributed by atoms with van der Waals surface area (Å²) in [6, 6.07) is 3.72. The number of nitrogens with zero attached hydrogens (tertiary/aromatic N) is 1. The van der Waals surface area contributed by atoms with Gasteiger partial charge in [0.05, 0.1) is 17.2 Å². The molecule has 1 aliphatic heterocycles. The van der Waals surface area contributed by atoms with Crippen molar-refractivity contribution in [1.29, 1.82) is 0 Å². The van der Waals surface area contributed by atoms with Crippen LogP contribution in [0.15, 0.2) is 16.3 Å². The minimum absolute atomic E-state index is 0. The van der Waals surface area contributed by atoms with Crippen LogP contribution in [0.2, 0.25) is 0 Å². The fraction of sp³-hybridized carbons (Fsp3) is 0.455. The van der Waals surface area contributed by atoms with Crippen molar-refractivity contribution < 1.29 is 13.2 Å². The molecular formula is C11H15ClN2O3S3. The molecule has 0 bridgehead atoms. The Morgan fingerprint density at radius 3 is 2.55 bits per heavy atom. The van der Waals surface area contributed by atoms with Gasteiger partial charge in [0, 0.05) is 29.9 Å². The van der Waals surface area contributed by atoms with Crippen molar-refractivity contribution in [1.82, 2.24) is 4.90 Å². The van der Waals surface area contributed by atoms with E-state index in [0.29, 0.717) is 0 Å². The van der Waals surface area contributed by atoms with E-state index in [1.807, 2.05) is 0 Å². The second kappa shape index (κ2) is 6.27. The molecule has 1 saturated heterocycles. The average molecular weight is 355 g/mol. The first-order valence-corrected chi connectivity index (χ1v) is 9.05. The molecule has 3 heterocycles. The fourth-order valence-electron chi connectivity index (χ4n) is 2.07. The lowest BCUT2D eigenvalue weighted by Crippen LogP contribution is -2.35. The maximum absolute atomic E-state index is 11.3. The molecule has 20 heavy (non-hydrogen) atoms. The lowest BCUT2D eigenvalue weighted by molar-refractivity contribution is 0.0346. The van der Waals surface area contributed by atoms with Crippen LogP contribution in [0.3, 0.4) is 0 Å². The minimum atomic E-state index is -3.58. The third-order valence-electron chi connectivity index (χ3n) is 3.01. The lowest BCUT2D eigenvalue weighted by atomic mass is 10.3. The highest BCUT2D eigenvalue weighted by Gasteiger charge is 2.16. The number of hydrogen-bond donors (Lipinski definition) is 1. The van der Waals surface area contributed by atoms with Crippen molar-refractivity contribution in [3.8, 4) is 0 Å². The molecule has 112 valence electrons. The van der Waals surface area contributed by atoms with Gasteiger partial charge < -0.3 is 4.74 Å². The van der Waals surface area contributed by atoms with Gasteiger partial charge in [0.25, 0.3) is 0 Å². The number of sulfonamides is 1. The Bertz CT molecular complexity index is 657. The van der Waals surface area contributed by atoms with Gasteiger partial charge in [-0.3, -0.25) is 4.90 Å². The molecule has 0 spiro atoms. The number of nitrogens with two attached hydrogens (primary N) is 1. The predicted octanol–water partition coefficient (Wildman–Crippen LogP) is 1.86. The lowest BCUT2D eigenvalue weighted by Gasteiger charge is -2.25. The normalized spacial score (nSPS) is 17.2. The summed E-state index contributed by atoms with van der Waals surface area (Å²) in [5.41, 5.74) is 0. The number of halogens is 1. The van der Waals surface area contributed by atoms with E-state index in [9.17, 15) is 8.42 Å². The molecule has 0 saturated carbocycles. The van der Waals surface area contributed by atoms with E-state index in [1.165, 1.54) is 16.2 Å². The second-order valence-corrected chi connectivity index (χ2v) is 8.69. The van der Waals surface area contributed by atoms with Crippen molar-refractivity contribution in [2.75, 3.05) is 26.3 Å². The van der Waals surface area contributed by atoms with E-state index in [1.54, 1.807) is 17.4 Å².